The molecule has 0 bridgehead atoms. The Bertz CT molecular complexity index is 670. The third-order valence-corrected chi connectivity index (χ3v) is 3.86. The highest BCUT2D eigenvalue weighted by Crippen LogP contribution is 2.29. The predicted molar refractivity (Wildman–Crippen MR) is 87.3 cm³/mol. The fourth-order valence-electron chi connectivity index (χ4n) is 1.85. The normalized spacial score (nSPS) is 12.3. The lowest BCUT2D eigenvalue weighted by molar-refractivity contribution is -0.105. The summed E-state index contributed by atoms with van der Waals surface area (Å²) in [6.07, 6.45) is -0.819. The number of nitrogens with zero attached hydrogens (tertiary/aromatic N) is 3. The van der Waals surface area contributed by atoms with Crippen molar-refractivity contribution in [3.8, 4) is 0 Å². The number of aliphatic imine (C=N–C) groups is 1. The maximum absolute atomic E-state index is 12.3. The highest BCUT2D eigenvalue weighted by atomic mass is 32.2. The number of pyridine rings is 1. The first-order chi connectivity index (χ1) is 10.8. The number of aromatic nitrogens is 1. The molecule has 7 heteroatoms. The largest absolute Gasteiger partial charge is 0.398 e. The summed E-state index contributed by atoms with van der Waals surface area (Å²) in [7, 11) is 3.71. The first-order valence-electron chi connectivity index (χ1n) is 6.81. The van der Waals surface area contributed by atoms with Gasteiger partial charge in [-0.25, -0.2) is 4.99 Å². The zero-order valence-corrected chi connectivity index (χ0v) is 13.5. The molecule has 23 heavy (non-hydrogen) atoms. The van der Waals surface area contributed by atoms with Gasteiger partial charge in [-0.15, -0.1) is 11.8 Å². The Morgan fingerprint density at radius 1 is 1.22 bits per heavy atom. The molecule has 0 aliphatic heterocycles. The molecule has 1 aromatic carbocycles. The number of alkyl halides is 3. The van der Waals surface area contributed by atoms with Crippen molar-refractivity contribution in [2.45, 2.75) is 11.1 Å². The number of benzene rings is 1. The van der Waals surface area contributed by atoms with Gasteiger partial charge >= 0.3 is 6.18 Å². The zero-order valence-electron chi connectivity index (χ0n) is 12.7. The zero-order chi connectivity index (χ0) is 16.9. The molecule has 0 N–H and O–H groups in total. The van der Waals surface area contributed by atoms with E-state index in [0.29, 0.717) is 16.4 Å². The maximum Gasteiger partial charge on any atom is 0.398 e. The van der Waals surface area contributed by atoms with E-state index in [1.807, 2.05) is 31.1 Å². The van der Waals surface area contributed by atoms with Crippen LogP contribution in [-0.2, 0) is 0 Å². The predicted octanol–water partition coefficient (Wildman–Crippen LogP) is 4.38. The number of rotatable bonds is 4. The van der Waals surface area contributed by atoms with Gasteiger partial charge in [0.05, 0.1) is 11.4 Å². The van der Waals surface area contributed by atoms with E-state index in [4.69, 9.17) is 0 Å². The van der Waals surface area contributed by atoms with Crippen molar-refractivity contribution < 1.29 is 13.2 Å². The SMILES string of the molecule is CN(C)C(=Nc1cccc(SCC(F)(F)F)c1)c1cccnc1. The van der Waals surface area contributed by atoms with Crippen LogP contribution < -0.4 is 0 Å². The van der Waals surface area contributed by atoms with E-state index in [1.165, 1.54) is 0 Å². The first kappa shape index (κ1) is 17.3. The van der Waals surface area contributed by atoms with Crippen LogP contribution in [0.5, 0.6) is 0 Å². The summed E-state index contributed by atoms with van der Waals surface area (Å²) in [6, 6.07) is 10.5. The van der Waals surface area contributed by atoms with E-state index in [1.54, 1.807) is 36.7 Å². The highest BCUT2D eigenvalue weighted by molar-refractivity contribution is 7.99. The Morgan fingerprint density at radius 2 is 2.00 bits per heavy atom. The smallest absolute Gasteiger partial charge is 0.362 e. The molecule has 0 fully saturated rings. The van der Waals surface area contributed by atoms with Gasteiger partial charge in [0.2, 0.25) is 0 Å². The molecule has 0 aliphatic rings. The molecule has 2 rings (SSSR count). The van der Waals surface area contributed by atoms with E-state index >= 15 is 0 Å². The monoisotopic (exact) mass is 339 g/mol. The Morgan fingerprint density at radius 3 is 2.61 bits per heavy atom. The van der Waals surface area contributed by atoms with Crippen molar-refractivity contribution in [1.82, 2.24) is 9.88 Å². The average molecular weight is 339 g/mol. The molecular weight excluding hydrogens is 323 g/mol. The Hall–Kier alpha value is -2.02. The molecule has 122 valence electrons. The minimum absolute atomic E-state index is 0.535. The van der Waals surface area contributed by atoms with Crippen molar-refractivity contribution in [3.05, 3.63) is 54.4 Å². The van der Waals surface area contributed by atoms with Crippen molar-refractivity contribution >= 4 is 23.3 Å². The minimum atomic E-state index is -4.19. The molecular formula is C16H16F3N3S. The first-order valence-corrected chi connectivity index (χ1v) is 7.80. The molecule has 1 aromatic heterocycles. The van der Waals surface area contributed by atoms with Crippen LogP contribution in [0.4, 0.5) is 18.9 Å². The lowest BCUT2D eigenvalue weighted by Crippen LogP contribution is -2.22. The lowest BCUT2D eigenvalue weighted by atomic mass is 10.2. The van der Waals surface area contributed by atoms with Crippen molar-refractivity contribution in [2.75, 3.05) is 19.8 Å². The van der Waals surface area contributed by atoms with Gasteiger partial charge in [0.25, 0.3) is 0 Å². The van der Waals surface area contributed by atoms with Crippen LogP contribution in [0, 0.1) is 0 Å². The molecule has 2 aromatic rings. The van der Waals surface area contributed by atoms with Gasteiger partial charge in [0, 0.05) is 36.9 Å². The summed E-state index contributed by atoms with van der Waals surface area (Å²) in [5.74, 6) is -0.223. The third kappa shape index (κ3) is 5.59. The molecule has 3 nitrogen and oxygen atoms in total. The highest BCUT2D eigenvalue weighted by Gasteiger charge is 2.27. The minimum Gasteiger partial charge on any atom is -0.362 e. The Labute approximate surface area is 137 Å². The molecule has 0 unspecified atom stereocenters. The van der Waals surface area contributed by atoms with Crippen LogP contribution in [0.3, 0.4) is 0 Å². The second-order valence-corrected chi connectivity index (χ2v) is 6.02. The average Bonchev–Trinajstić information content (AvgIpc) is 2.51. The number of hydrogen-bond acceptors (Lipinski definition) is 3. The van der Waals surface area contributed by atoms with E-state index in [9.17, 15) is 13.2 Å². The van der Waals surface area contributed by atoms with Crippen LogP contribution in [0.15, 0.2) is 58.7 Å². The van der Waals surface area contributed by atoms with Gasteiger partial charge in [-0.1, -0.05) is 6.07 Å². The molecule has 0 atom stereocenters. The Kier molecular flexibility index (Phi) is 5.65. The standard InChI is InChI=1S/C16H16F3N3S/c1-22(2)15(12-5-4-8-20-10-12)21-13-6-3-7-14(9-13)23-11-16(17,18)19/h3-10H,11H2,1-2H3. The quantitative estimate of drug-likeness (QED) is 0.470. The summed E-state index contributed by atoms with van der Waals surface area (Å²) in [6.45, 7) is 0. The van der Waals surface area contributed by atoms with Crippen LogP contribution in [-0.4, -0.2) is 41.7 Å². The van der Waals surface area contributed by atoms with Crippen LogP contribution in [0.2, 0.25) is 0 Å². The molecule has 0 saturated heterocycles. The summed E-state index contributed by atoms with van der Waals surface area (Å²) in [4.78, 5) is 11.0. The second-order valence-electron chi connectivity index (χ2n) is 4.97. The van der Waals surface area contributed by atoms with E-state index < -0.39 is 11.9 Å². The summed E-state index contributed by atoms with van der Waals surface area (Å²) in [5, 5.41) is 0. The fourth-order valence-corrected chi connectivity index (χ4v) is 2.56. The van der Waals surface area contributed by atoms with Gasteiger partial charge in [0.1, 0.15) is 5.84 Å². The molecule has 0 radical (unpaired) electrons. The summed E-state index contributed by atoms with van der Waals surface area (Å²) in [5.41, 5.74) is 1.44. The van der Waals surface area contributed by atoms with Gasteiger partial charge in [-0.05, 0) is 30.3 Å². The van der Waals surface area contributed by atoms with Crippen LogP contribution in [0.1, 0.15) is 5.56 Å². The number of thioether (sulfide) groups is 1. The van der Waals surface area contributed by atoms with Gasteiger partial charge in [-0.2, -0.15) is 13.2 Å². The number of amidine groups is 1. The van der Waals surface area contributed by atoms with Crippen LogP contribution >= 0.6 is 11.8 Å². The van der Waals surface area contributed by atoms with E-state index in [-0.39, 0.29) is 0 Å². The maximum atomic E-state index is 12.3. The summed E-state index contributed by atoms with van der Waals surface area (Å²) >= 11 is 0.753. The van der Waals surface area contributed by atoms with Gasteiger partial charge in [0.15, 0.2) is 0 Å². The van der Waals surface area contributed by atoms with Crippen molar-refractivity contribution in [2.24, 2.45) is 4.99 Å². The number of halogens is 3. The van der Waals surface area contributed by atoms with Crippen molar-refractivity contribution in [3.63, 3.8) is 0 Å². The fraction of sp³-hybridized carbons (Fsp3) is 0.250. The topological polar surface area (TPSA) is 28.5 Å². The number of hydrogen-bond donors (Lipinski definition) is 0. The van der Waals surface area contributed by atoms with E-state index in [0.717, 1.165) is 17.3 Å². The second kappa shape index (κ2) is 7.50. The van der Waals surface area contributed by atoms with Gasteiger partial charge < -0.3 is 4.90 Å². The van der Waals surface area contributed by atoms with E-state index in [2.05, 4.69) is 9.98 Å². The molecule has 1 heterocycles. The van der Waals surface area contributed by atoms with Crippen LogP contribution in [0.25, 0.3) is 0 Å². The molecule has 0 spiro atoms. The Balaban J connectivity index is 2.26. The van der Waals surface area contributed by atoms with Crippen molar-refractivity contribution in [1.29, 1.82) is 0 Å². The summed E-state index contributed by atoms with van der Waals surface area (Å²) < 4.78 is 37.0. The third-order valence-electron chi connectivity index (χ3n) is 2.80. The molecule has 0 aliphatic carbocycles. The molecule has 0 amide bonds. The lowest BCUT2D eigenvalue weighted by Gasteiger charge is -2.16. The molecule has 0 saturated carbocycles. The van der Waals surface area contributed by atoms with Gasteiger partial charge in [-0.3, -0.25) is 4.98 Å².